The molecule has 28 heavy (non-hydrogen) atoms. The number of halogens is 2. The summed E-state index contributed by atoms with van der Waals surface area (Å²) in [7, 11) is 0. The number of hydrogen-bond acceptors (Lipinski definition) is 5. The molecular formula is C20H16F2N2O3S. The molecule has 144 valence electrons. The molecule has 0 N–H and O–H groups in total. The van der Waals surface area contributed by atoms with Crippen LogP contribution in [-0.4, -0.2) is 27.7 Å². The lowest BCUT2D eigenvalue weighted by atomic mass is 10.1. The second-order valence-electron chi connectivity index (χ2n) is 6.43. The van der Waals surface area contributed by atoms with E-state index in [0.717, 1.165) is 12.8 Å². The molecule has 1 aliphatic carbocycles. The van der Waals surface area contributed by atoms with Gasteiger partial charge in [-0.05, 0) is 49.2 Å². The molecule has 0 radical (unpaired) electrons. The van der Waals surface area contributed by atoms with Gasteiger partial charge in [0.2, 0.25) is 0 Å². The Morgan fingerprint density at radius 1 is 1.18 bits per heavy atom. The molecular weight excluding hydrogens is 386 g/mol. The summed E-state index contributed by atoms with van der Waals surface area (Å²) in [5.41, 5.74) is 0.902. The molecule has 2 aromatic carbocycles. The summed E-state index contributed by atoms with van der Waals surface area (Å²) >= 11 is 1.21. The molecule has 0 saturated heterocycles. The zero-order valence-electron chi connectivity index (χ0n) is 14.7. The van der Waals surface area contributed by atoms with Crippen LogP contribution in [0.5, 0.6) is 5.75 Å². The van der Waals surface area contributed by atoms with Crippen molar-refractivity contribution >= 4 is 28.4 Å². The van der Waals surface area contributed by atoms with E-state index >= 15 is 0 Å². The van der Waals surface area contributed by atoms with Crippen molar-refractivity contribution in [1.29, 1.82) is 0 Å². The molecule has 0 bridgehead atoms. The maximum absolute atomic E-state index is 12.8. The Balaban J connectivity index is 1.54. The molecule has 0 amide bonds. The molecule has 1 heterocycles. The van der Waals surface area contributed by atoms with Gasteiger partial charge in [0.15, 0.2) is 10.9 Å². The van der Waals surface area contributed by atoms with Gasteiger partial charge in [-0.2, -0.15) is 8.78 Å². The molecule has 5 nitrogen and oxygen atoms in total. The molecule has 0 atom stereocenters. The van der Waals surface area contributed by atoms with Crippen molar-refractivity contribution in [2.45, 2.75) is 30.7 Å². The Hall–Kier alpha value is -2.74. The van der Waals surface area contributed by atoms with Crippen LogP contribution in [0.4, 0.5) is 8.78 Å². The molecule has 1 fully saturated rings. The Labute approximate surface area is 163 Å². The first-order valence-corrected chi connectivity index (χ1v) is 9.73. The molecule has 1 saturated carbocycles. The van der Waals surface area contributed by atoms with Crippen molar-refractivity contribution in [3.63, 3.8) is 0 Å². The lowest BCUT2D eigenvalue weighted by Gasteiger charge is -2.12. The highest BCUT2D eigenvalue weighted by atomic mass is 32.2. The van der Waals surface area contributed by atoms with Crippen LogP contribution in [-0.2, 0) is 0 Å². The number of carbonyl (C=O) groups excluding carboxylic acids is 1. The third-order valence-corrected chi connectivity index (χ3v) is 5.37. The van der Waals surface area contributed by atoms with E-state index in [-0.39, 0.29) is 28.9 Å². The number of nitrogens with zero attached hydrogens (tertiary/aromatic N) is 2. The van der Waals surface area contributed by atoms with E-state index in [4.69, 9.17) is 0 Å². The Bertz CT molecular complexity index is 1080. The number of thioether (sulfide) groups is 1. The Morgan fingerprint density at radius 2 is 1.89 bits per heavy atom. The predicted octanol–water partition coefficient (Wildman–Crippen LogP) is 4.31. The topological polar surface area (TPSA) is 61.2 Å². The zero-order valence-corrected chi connectivity index (χ0v) is 15.5. The van der Waals surface area contributed by atoms with Gasteiger partial charge in [-0.3, -0.25) is 14.2 Å². The number of ketones is 1. The van der Waals surface area contributed by atoms with Gasteiger partial charge in [0.05, 0.1) is 16.7 Å². The second kappa shape index (κ2) is 7.71. The highest BCUT2D eigenvalue weighted by molar-refractivity contribution is 7.99. The second-order valence-corrected chi connectivity index (χ2v) is 7.38. The van der Waals surface area contributed by atoms with Gasteiger partial charge in [-0.1, -0.05) is 23.9 Å². The van der Waals surface area contributed by atoms with Crippen molar-refractivity contribution in [2.24, 2.45) is 0 Å². The average Bonchev–Trinajstić information content (AvgIpc) is 3.51. The first kappa shape index (κ1) is 18.6. The fraction of sp³-hybridized carbons (Fsp3) is 0.250. The maximum Gasteiger partial charge on any atom is 0.387 e. The number of Topliss-reactive ketones (excluding diaryl/α,β-unsaturated/α-hetero) is 1. The van der Waals surface area contributed by atoms with E-state index in [9.17, 15) is 18.4 Å². The van der Waals surface area contributed by atoms with Gasteiger partial charge >= 0.3 is 6.61 Å². The first-order chi connectivity index (χ1) is 13.5. The summed E-state index contributed by atoms with van der Waals surface area (Å²) < 4.78 is 30.4. The van der Waals surface area contributed by atoms with Crippen LogP contribution in [0.1, 0.15) is 29.2 Å². The summed E-state index contributed by atoms with van der Waals surface area (Å²) in [5.74, 6) is -0.0941. The summed E-state index contributed by atoms with van der Waals surface area (Å²) in [5, 5.41) is 1.09. The summed E-state index contributed by atoms with van der Waals surface area (Å²) in [4.78, 5) is 29.9. The van der Waals surface area contributed by atoms with Gasteiger partial charge in [0, 0.05) is 11.6 Å². The molecule has 3 aromatic rings. The van der Waals surface area contributed by atoms with Crippen LogP contribution in [0, 0.1) is 0 Å². The van der Waals surface area contributed by atoms with Crippen molar-refractivity contribution in [2.75, 3.05) is 5.75 Å². The number of carbonyl (C=O) groups is 1. The van der Waals surface area contributed by atoms with Gasteiger partial charge in [-0.25, -0.2) is 4.98 Å². The molecule has 0 spiro atoms. The summed E-state index contributed by atoms with van der Waals surface area (Å²) in [6.07, 6.45) is 1.85. The summed E-state index contributed by atoms with van der Waals surface area (Å²) in [6, 6.07) is 12.8. The van der Waals surface area contributed by atoms with Crippen LogP contribution in [0.3, 0.4) is 0 Å². The van der Waals surface area contributed by atoms with Crippen molar-refractivity contribution in [1.82, 2.24) is 9.55 Å². The molecule has 0 unspecified atom stereocenters. The smallest absolute Gasteiger partial charge is 0.387 e. The van der Waals surface area contributed by atoms with Gasteiger partial charge in [-0.15, -0.1) is 0 Å². The van der Waals surface area contributed by atoms with Crippen LogP contribution in [0.2, 0.25) is 0 Å². The Morgan fingerprint density at radius 3 is 2.57 bits per heavy atom. The fourth-order valence-electron chi connectivity index (χ4n) is 2.92. The SMILES string of the molecule is O=C(CSc1nc2ccccc2c(=O)n1C1CC1)c1ccc(OC(F)F)cc1. The zero-order chi connectivity index (χ0) is 19.7. The lowest BCUT2D eigenvalue weighted by molar-refractivity contribution is -0.0498. The minimum Gasteiger partial charge on any atom is -0.435 e. The van der Waals surface area contributed by atoms with E-state index in [1.807, 2.05) is 6.07 Å². The van der Waals surface area contributed by atoms with E-state index in [1.165, 1.54) is 36.0 Å². The number of para-hydroxylation sites is 1. The highest BCUT2D eigenvalue weighted by Crippen LogP contribution is 2.37. The lowest BCUT2D eigenvalue weighted by Crippen LogP contribution is -2.22. The third kappa shape index (κ3) is 3.91. The average molecular weight is 402 g/mol. The molecule has 0 aliphatic heterocycles. The Kier molecular flexibility index (Phi) is 5.13. The fourth-order valence-corrected chi connectivity index (χ4v) is 3.88. The number of hydrogen-bond donors (Lipinski definition) is 0. The number of alkyl halides is 2. The van der Waals surface area contributed by atoms with E-state index in [0.29, 0.717) is 21.6 Å². The van der Waals surface area contributed by atoms with Gasteiger partial charge in [0.25, 0.3) is 5.56 Å². The van der Waals surface area contributed by atoms with E-state index < -0.39 is 6.61 Å². The minimum absolute atomic E-state index is 0.00188. The number of fused-ring (bicyclic) bond motifs is 1. The van der Waals surface area contributed by atoms with Crippen LogP contribution < -0.4 is 10.3 Å². The van der Waals surface area contributed by atoms with Crippen molar-refractivity contribution < 1.29 is 18.3 Å². The van der Waals surface area contributed by atoms with Crippen molar-refractivity contribution in [3.05, 3.63) is 64.4 Å². The monoisotopic (exact) mass is 402 g/mol. The molecule has 4 rings (SSSR count). The predicted molar refractivity (Wildman–Crippen MR) is 102 cm³/mol. The maximum atomic E-state index is 12.8. The van der Waals surface area contributed by atoms with E-state index in [2.05, 4.69) is 9.72 Å². The van der Waals surface area contributed by atoms with Gasteiger partial charge in [0.1, 0.15) is 5.75 Å². The largest absolute Gasteiger partial charge is 0.435 e. The van der Waals surface area contributed by atoms with Crippen LogP contribution >= 0.6 is 11.8 Å². The van der Waals surface area contributed by atoms with Gasteiger partial charge < -0.3 is 4.74 Å². The minimum atomic E-state index is -2.91. The third-order valence-electron chi connectivity index (χ3n) is 4.42. The highest BCUT2D eigenvalue weighted by Gasteiger charge is 2.28. The van der Waals surface area contributed by atoms with Crippen molar-refractivity contribution in [3.8, 4) is 5.75 Å². The summed E-state index contributed by atoms with van der Waals surface area (Å²) in [6.45, 7) is -2.91. The number of aromatic nitrogens is 2. The number of ether oxygens (including phenoxy) is 1. The quantitative estimate of drug-likeness (QED) is 0.335. The number of benzene rings is 2. The molecule has 1 aliphatic rings. The number of rotatable bonds is 7. The molecule has 1 aromatic heterocycles. The van der Waals surface area contributed by atoms with E-state index in [1.54, 1.807) is 22.8 Å². The van der Waals surface area contributed by atoms with Crippen LogP contribution in [0.15, 0.2) is 58.5 Å². The normalized spacial score (nSPS) is 13.8. The first-order valence-electron chi connectivity index (χ1n) is 8.75. The van der Waals surface area contributed by atoms with Crippen LogP contribution in [0.25, 0.3) is 10.9 Å². The molecule has 8 heteroatoms. The standard InChI is InChI=1S/C20H16F2N2O3S/c21-19(22)27-14-9-5-12(6-10-14)17(25)11-28-20-23-16-4-2-1-3-15(16)18(26)24(20)13-7-8-13/h1-6,9-10,13,19H,7-8,11H2.